The lowest BCUT2D eigenvalue weighted by Gasteiger charge is -2.18. The molecule has 3 atom stereocenters. The van der Waals surface area contributed by atoms with Gasteiger partial charge in [-0.3, -0.25) is 4.79 Å². The van der Waals surface area contributed by atoms with Crippen LogP contribution in [0, 0.1) is 0 Å². The third-order valence-corrected chi connectivity index (χ3v) is 2.56. The van der Waals surface area contributed by atoms with E-state index < -0.39 is 0 Å². The average molecular weight is 251 g/mol. The third kappa shape index (κ3) is 6.30. The zero-order chi connectivity index (χ0) is 11.3. The molecule has 1 amide bonds. The van der Waals surface area contributed by atoms with Gasteiger partial charge in [0.1, 0.15) is 0 Å². The quantitative estimate of drug-likeness (QED) is 0.771. The Morgan fingerprint density at radius 3 is 2.75 bits per heavy atom. The van der Waals surface area contributed by atoms with Crippen LogP contribution in [0.2, 0.25) is 0 Å². The Hall–Kier alpha value is -0.320. The van der Waals surface area contributed by atoms with E-state index in [0.717, 1.165) is 25.9 Å². The Kier molecular flexibility index (Phi) is 7.72. The number of nitrogens with one attached hydrogen (secondary N) is 1. The van der Waals surface area contributed by atoms with Crippen LogP contribution in [0.1, 0.15) is 39.5 Å². The summed E-state index contributed by atoms with van der Waals surface area (Å²) in [5.74, 6) is 0.0375. The molecule has 3 N–H and O–H groups in total. The monoisotopic (exact) mass is 250 g/mol. The molecule has 0 radical (unpaired) electrons. The first kappa shape index (κ1) is 15.7. The van der Waals surface area contributed by atoms with Crippen LogP contribution in [0.3, 0.4) is 0 Å². The Balaban J connectivity index is 0.00000225. The van der Waals surface area contributed by atoms with Crippen molar-refractivity contribution in [1.29, 1.82) is 0 Å². The maximum Gasteiger partial charge on any atom is 0.221 e. The highest BCUT2D eigenvalue weighted by molar-refractivity contribution is 5.85. The van der Waals surface area contributed by atoms with Gasteiger partial charge in [-0.05, 0) is 33.1 Å². The molecule has 0 aromatic rings. The molecule has 0 aromatic heterocycles. The number of hydrogen-bond acceptors (Lipinski definition) is 3. The standard InChI is InChI=1S/C11H22N2O2.ClH/c1-8(12)6-11(14)13-9(2)7-10-4-3-5-15-10;/h8-10H,3-7,12H2,1-2H3,(H,13,14);1H. The van der Waals surface area contributed by atoms with E-state index in [1.54, 1.807) is 0 Å². The summed E-state index contributed by atoms with van der Waals surface area (Å²) < 4.78 is 5.51. The maximum absolute atomic E-state index is 11.4. The van der Waals surface area contributed by atoms with Crippen LogP contribution in [0.15, 0.2) is 0 Å². The Morgan fingerprint density at radius 1 is 1.56 bits per heavy atom. The van der Waals surface area contributed by atoms with E-state index in [-0.39, 0.29) is 30.4 Å². The van der Waals surface area contributed by atoms with E-state index in [2.05, 4.69) is 5.32 Å². The average Bonchev–Trinajstić information content (AvgIpc) is 2.53. The first-order chi connectivity index (χ1) is 7.08. The highest BCUT2D eigenvalue weighted by Gasteiger charge is 2.19. The third-order valence-electron chi connectivity index (χ3n) is 2.56. The summed E-state index contributed by atoms with van der Waals surface area (Å²) in [6.07, 6.45) is 3.90. The predicted octanol–water partition coefficient (Wildman–Crippen LogP) is 1.22. The van der Waals surface area contributed by atoms with Gasteiger partial charge in [0, 0.05) is 25.1 Å². The fraction of sp³-hybridized carbons (Fsp3) is 0.909. The molecule has 16 heavy (non-hydrogen) atoms. The summed E-state index contributed by atoms with van der Waals surface area (Å²) in [5.41, 5.74) is 5.55. The van der Waals surface area contributed by atoms with Crippen LogP contribution in [0.5, 0.6) is 0 Å². The molecule has 1 saturated heterocycles. The lowest BCUT2D eigenvalue weighted by atomic mass is 10.1. The molecule has 5 heteroatoms. The molecule has 1 heterocycles. The van der Waals surface area contributed by atoms with Crippen molar-refractivity contribution in [2.75, 3.05) is 6.61 Å². The number of hydrogen-bond donors (Lipinski definition) is 2. The maximum atomic E-state index is 11.4. The minimum Gasteiger partial charge on any atom is -0.378 e. The largest absolute Gasteiger partial charge is 0.378 e. The molecule has 4 nitrogen and oxygen atoms in total. The van der Waals surface area contributed by atoms with Crippen molar-refractivity contribution < 1.29 is 9.53 Å². The van der Waals surface area contributed by atoms with E-state index in [1.807, 2.05) is 13.8 Å². The predicted molar refractivity (Wildman–Crippen MR) is 66.7 cm³/mol. The summed E-state index contributed by atoms with van der Waals surface area (Å²) in [6, 6.07) is 0.110. The van der Waals surface area contributed by atoms with Gasteiger partial charge in [0.25, 0.3) is 0 Å². The first-order valence-corrected chi connectivity index (χ1v) is 5.74. The molecule has 1 rings (SSSR count). The molecule has 1 aliphatic rings. The highest BCUT2D eigenvalue weighted by atomic mass is 35.5. The molecule has 96 valence electrons. The van der Waals surface area contributed by atoms with Gasteiger partial charge in [0.05, 0.1) is 6.10 Å². The van der Waals surface area contributed by atoms with Crippen LogP contribution < -0.4 is 11.1 Å². The zero-order valence-electron chi connectivity index (χ0n) is 10.1. The van der Waals surface area contributed by atoms with Crippen molar-refractivity contribution in [2.45, 2.75) is 57.7 Å². The molecule has 0 aliphatic carbocycles. The smallest absolute Gasteiger partial charge is 0.221 e. The molecule has 0 aromatic carbocycles. The van der Waals surface area contributed by atoms with Crippen LogP contribution in [0.4, 0.5) is 0 Å². The Morgan fingerprint density at radius 2 is 2.25 bits per heavy atom. The zero-order valence-corrected chi connectivity index (χ0v) is 10.9. The summed E-state index contributed by atoms with van der Waals surface area (Å²) in [7, 11) is 0. The van der Waals surface area contributed by atoms with Gasteiger partial charge < -0.3 is 15.8 Å². The first-order valence-electron chi connectivity index (χ1n) is 5.74. The molecule has 3 unspecified atom stereocenters. The van der Waals surface area contributed by atoms with E-state index in [0.29, 0.717) is 12.5 Å². The molecule has 1 aliphatic heterocycles. The lowest BCUT2D eigenvalue weighted by Crippen LogP contribution is -2.37. The molecule has 1 fully saturated rings. The summed E-state index contributed by atoms with van der Waals surface area (Å²) >= 11 is 0. The second-order valence-corrected chi connectivity index (χ2v) is 4.52. The second-order valence-electron chi connectivity index (χ2n) is 4.52. The van der Waals surface area contributed by atoms with Crippen LogP contribution in [0.25, 0.3) is 0 Å². The molecule has 0 spiro atoms. The van der Waals surface area contributed by atoms with Gasteiger partial charge in [-0.2, -0.15) is 0 Å². The second kappa shape index (κ2) is 7.87. The van der Waals surface area contributed by atoms with Gasteiger partial charge in [0.2, 0.25) is 5.91 Å². The Bertz CT molecular complexity index is 206. The van der Waals surface area contributed by atoms with E-state index in [1.165, 1.54) is 0 Å². The van der Waals surface area contributed by atoms with Crippen molar-refractivity contribution in [2.24, 2.45) is 5.73 Å². The number of amides is 1. The highest BCUT2D eigenvalue weighted by Crippen LogP contribution is 2.16. The van der Waals surface area contributed by atoms with Crippen LogP contribution >= 0.6 is 12.4 Å². The van der Waals surface area contributed by atoms with Crippen LogP contribution in [-0.4, -0.2) is 30.7 Å². The van der Waals surface area contributed by atoms with Crippen LogP contribution in [-0.2, 0) is 9.53 Å². The number of nitrogens with two attached hydrogens (primary N) is 1. The summed E-state index contributed by atoms with van der Waals surface area (Å²) in [5, 5.41) is 2.94. The van der Waals surface area contributed by atoms with Gasteiger partial charge in [-0.25, -0.2) is 0 Å². The molecular weight excluding hydrogens is 228 g/mol. The SMILES string of the molecule is CC(N)CC(=O)NC(C)CC1CCCO1.Cl. The number of ether oxygens (including phenoxy) is 1. The van der Waals surface area contributed by atoms with Crippen molar-refractivity contribution in [3.63, 3.8) is 0 Å². The molecule has 0 bridgehead atoms. The Labute approximate surface area is 104 Å². The lowest BCUT2D eigenvalue weighted by molar-refractivity contribution is -0.122. The fourth-order valence-electron chi connectivity index (χ4n) is 1.91. The molecule has 0 saturated carbocycles. The number of halogens is 1. The van der Waals surface area contributed by atoms with Gasteiger partial charge in [-0.15, -0.1) is 12.4 Å². The fourth-order valence-corrected chi connectivity index (χ4v) is 1.91. The summed E-state index contributed by atoms with van der Waals surface area (Å²) in [6.45, 7) is 4.72. The van der Waals surface area contributed by atoms with Crippen molar-refractivity contribution in [1.82, 2.24) is 5.32 Å². The molecular formula is C11H23ClN2O2. The van der Waals surface area contributed by atoms with Crippen molar-refractivity contribution in [3.05, 3.63) is 0 Å². The van der Waals surface area contributed by atoms with Gasteiger partial charge >= 0.3 is 0 Å². The normalized spacial score (nSPS) is 23.3. The minimum atomic E-state index is -0.0695. The van der Waals surface area contributed by atoms with Gasteiger partial charge in [-0.1, -0.05) is 0 Å². The van der Waals surface area contributed by atoms with Crippen molar-refractivity contribution >= 4 is 18.3 Å². The number of carbonyl (C=O) groups excluding carboxylic acids is 1. The number of carbonyl (C=O) groups is 1. The minimum absolute atomic E-state index is 0. The number of rotatable bonds is 5. The van der Waals surface area contributed by atoms with E-state index in [9.17, 15) is 4.79 Å². The van der Waals surface area contributed by atoms with Crippen molar-refractivity contribution in [3.8, 4) is 0 Å². The van der Waals surface area contributed by atoms with Gasteiger partial charge in [0.15, 0.2) is 0 Å². The van der Waals surface area contributed by atoms with E-state index in [4.69, 9.17) is 10.5 Å². The topological polar surface area (TPSA) is 64.4 Å². The van der Waals surface area contributed by atoms with E-state index >= 15 is 0 Å². The summed E-state index contributed by atoms with van der Waals surface area (Å²) in [4.78, 5) is 11.4.